The fourth-order valence-corrected chi connectivity index (χ4v) is 2.84. The Morgan fingerprint density at radius 1 is 1.22 bits per heavy atom. The highest BCUT2D eigenvalue weighted by Gasteiger charge is 2.20. The fraction of sp³-hybridized carbons (Fsp3) is 0.333. The van der Waals surface area contributed by atoms with Crippen LogP contribution in [0.3, 0.4) is 0 Å². The molecule has 0 atom stereocenters. The monoisotopic (exact) mass is 311 g/mol. The van der Waals surface area contributed by atoms with Crippen molar-refractivity contribution in [2.75, 3.05) is 24.6 Å². The number of pyridine rings is 1. The van der Waals surface area contributed by atoms with Crippen molar-refractivity contribution in [1.29, 1.82) is 0 Å². The van der Waals surface area contributed by atoms with Crippen LogP contribution in [-0.2, 0) is 0 Å². The van der Waals surface area contributed by atoms with Gasteiger partial charge >= 0.3 is 0 Å². The van der Waals surface area contributed by atoms with Gasteiger partial charge in [-0.25, -0.2) is 0 Å². The molecule has 0 unspecified atom stereocenters. The number of nitrogens with zero attached hydrogens (tertiary/aromatic N) is 2. The standard InChI is InChI=1S/C18H21N3O2/c19-18(22)17-12-15(6-9-20-17)21-10-7-14(8-11-21)13-23-16-4-2-1-3-5-16/h1-6,9,12,14H,7-8,10-11,13H2,(H2,19,22). The molecule has 23 heavy (non-hydrogen) atoms. The minimum atomic E-state index is -0.488. The molecule has 1 aromatic carbocycles. The van der Waals surface area contributed by atoms with E-state index in [4.69, 9.17) is 10.5 Å². The van der Waals surface area contributed by atoms with Crippen LogP contribution in [0.4, 0.5) is 5.69 Å². The van der Waals surface area contributed by atoms with E-state index in [1.807, 2.05) is 36.4 Å². The highest BCUT2D eigenvalue weighted by atomic mass is 16.5. The zero-order chi connectivity index (χ0) is 16.1. The van der Waals surface area contributed by atoms with Crippen molar-refractivity contribution in [3.63, 3.8) is 0 Å². The van der Waals surface area contributed by atoms with Gasteiger partial charge < -0.3 is 15.4 Å². The number of carbonyl (C=O) groups excluding carboxylic acids is 1. The van der Waals surface area contributed by atoms with Gasteiger partial charge in [-0.15, -0.1) is 0 Å². The molecule has 120 valence electrons. The summed E-state index contributed by atoms with van der Waals surface area (Å²) in [4.78, 5) is 17.5. The lowest BCUT2D eigenvalue weighted by molar-refractivity contribution is 0.0995. The van der Waals surface area contributed by atoms with Crippen LogP contribution >= 0.6 is 0 Å². The van der Waals surface area contributed by atoms with Gasteiger partial charge in [0.1, 0.15) is 11.4 Å². The van der Waals surface area contributed by atoms with Crippen molar-refractivity contribution < 1.29 is 9.53 Å². The third-order valence-corrected chi connectivity index (χ3v) is 4.20. The normalized spacial score (nSPS) is 15.4. The van der Waals surface area contributed by atoms with Gasteiger partial charge in [0.25, 0.3) is 5.91 Å². The van der Waals surface area contributed by atoms with E-state index in [-0.39, 0.29) is 0 Å². The number of aromatic nitrogens is 1. The number of carbonyl (C=O) groups is 1. The SMILES string of the molecule is NC(=O)c1cc(N2CCC(COc3ccccc3)CC2)ccn1. The van der Waals surface area contributed by atoms with E-state index in [9.17, 15) is 4.79 Å². The summed E-state index contributed by atoms with van der Waals surface area (Å²) in [6, 6.07) is 13.6. The van der Waals surface area contributed by atoms with Gasteiger partial charge in [-0.05, 0) is 43.0 Å². The number of benzene rings is 1. The smallest absolute Gasteiger partial charge is 0.267 e. The Bertz CT molecular complexity index is 652. The third-order valence-electron chi connectivity index (χ3n) is 4.20. The maximum Gasteiger partial charge on any atom is 0.267 e. The quantitative estimate of drug-likeness (QED) is 0.921. The molecule has 5 nitrogen and oxygen atoms in total. The molecular weight excluding hydrogens is 290 g/mol. The lowest BCUT2D eigenvalue weighted by atomic mass is 9.97. The van der Waals surface area contributed by atoms with Crippen molar-refractivity contribution in [3.05, 3.63) is 54.4 Å². The Balaban J connectivity index is 1.52. The van der Waals surface area contributed by atoms with Crippen LogP contribution in [-0.4, -0.2) is 30.6 Å². The Morgan fingerprint density at radius 2 is 1.96 bits per heavy atom. The first-order chi connectivity index (χ1) is 11.2. The largest absolute Gasteiger partial charge is 0.493 e. The summed E-state index contributed by atoms with van der Waals surface area (Å²) in [7, 11) is 0. The van der Waals surface area contributed by atoms with E-state index in [2.05, 4.69) is 9.88 Å². The minimum Gasteiger partial charge on any atom is -0.493 e. The summed E-state index contributed by atoms with van der Waals surface area (Å²) >= 11 is 0. The fourth-order valence-electron chi connectivity index (χ4n) is 2.84. The summed E-state index contributed by atoms with van der Waals surface area (Å²) in [5.74, 6) is 0.997. The van der Waals surface area contributed by atoms with Crippen LogP contribution < -0.4 is 15.4 Å². The molecule has 0 radical (unpaired) electrons. The second kappa shape index (κ2) is 7.13. The molecule has 0 aliphatic carbocycles. The van der Waals surface area contributed by atoms with Gasteiger partial charge in [0.2, 0.25) is 0 Å². The molecule has 3 rings (SSSR count). The van der Waals surface area contributed by atoms with Crippen molar-refractivity contribution in [3.8, 4) is 5.75 Å². The van der Waals surface area contributed by atoms with Crippen molar-refractivity contribution in [2.45, 2.75) is 12.8 Å². The minimum absolute atomic E-state index is 0.317. The van der Waals surface area contributed by atoms with Gasteiger partial charge in [-0.3, -0.25) is 9.78 Å². The average Bonchev–Trinajstić information content (AvgIpc) is 2.61. The van der Waals surface area contributed by atoms with Crippen LogP contribution in [0.2, 0.25) is 0 Å². The molecule has 1 amide bonds. The van der Waals surface area contributed by atoms with Crippen molar-refractivity contribution >= 4 is 11.6 Å². The summed E-state index contributed by atoms with van der Waals surface area (Å²) in [5, 5.41) is 0. The van der Waals surface area contributed by atoms with Crippen LogP contribution in [0, 0.1) is 5.92 Å². The number of para-hydroxylation sites is 1. The van der Waals surface area contributed by atoms with E-state index in [1.165, 1.54) is 0 Å². The molecule has 1 aliphatic rings. The Labute approximate surface area is 136 Å². The van der Waals surface area contributed by atoms with Crippen LogP contribution in [0.5, 0.6) is 5.75 Å². The molecular formula is C18H21N3O2. The van der Waals surface area contributed by atoms with Gasteiger partial charge in [0.05, 0.1) is 6.61 Å². The van der Waals surface area contributed by atoms with E-state index in [0.29, 0.717) is 11.6 Å². The maximum absolute atomic E-state index is 11.2. The predicted octanol–water partition coefficient (Wildman–Crippen LogP) is 2.48. The molecule has 0 spiro atoms. The molecule has 2 aromatic rings. The highest BCUT2D eigenvalue weighted by molar-refractivity contribution is 5.91. The second-order valence-corrected chi connectivity index (χ2v) is 5.82. The molecule has 1 saturated heterocycles. The molecule has 1 aromatic heterocycles. The number of nitrogens with two attached hydrogens (primary N) is 1. The molecule has 1 fully saturated rings. The van der Waals surface area contributed by atoms with Crippen LogP contribution in [0.1, 0.15) is 23.3 Å². The summed E-state index contributed by atoms with van der Waals surface area (Å²) in [6.07, 6.45) is 3.78. The highest BCUT2D eigenvalue weighted by Crippen LogP contribution is 2.24. The number of amides is 1. The van der Waals surface area contributed by atoms with Crippen LogP contribution in [0.25, 0.3) is 0 Å². The van der Waals surface area contributed by atoms with Crippen molar-refractivity contribution in [1.82, 2.24) is 4.98 Å². The average molecular weight is 311 g/mol. The van der Waals surface area contributed by atoms with Gasteiger partial charge in [0.15, 0.2) is 0 Å². The number of piperidine rings is 1. The molecule has 2 N–H and O–H groups in total. The summed E-state index contributed by atoms with van der Waals surface area (Å²) in [6.45, 7) is 2.65. The van der Waals surface area contributed by atoms with E-state index in [0.717, 1.165) is 44.0 Å². The molecule has 2 heterocycles. The first-order valence-electron chi connectivity index (χ1n) is 7.91. The third kappa shape index (κ3) is 4.00. The maximum atomic E-state index is 11.2. The van der Waals surface area contributed by atoms with Gasteiger partial charge in [0, 0.05) is 25.0 Å². The number of hydrogen-bond donors (Lipinski definition) is 1. The van der Waals surface area contributed by atoms with E-state index < -0.39 is 5.91 Å². The van der Waals surface area contributed by atoms with Gasteiger partial charge in [-0.2, -0.15) is 0 Å². The number of ether oxygens (including phenoxy) is 1. The molecule has 5 heteroatoms. The van der Waals surface area contributed by atoms with E-state index in [1.54, 1.807) is 12.3 Å². The number of hydrogen-bond acceptors (Lipinski definition) is 4. The second-order valence-electron chi connectivity index (χ2n) is 5.82. The summed E-state index contributed by atoms with van der Waals surface area (Å²) in [5.41, 5.74) is 6.62. The number of rotatable bonds is 5. The topological polar surface area (TPSA) is 68.5 Å². The Morgan fingerprint density at radius 3 is 2.65 bits per heavy atom. The molecule has 0 bridgehead atoms. The predicted molar refractivity (Wildman–Crippen MR) is 89.6 cm³/mol. The van der Waals surface area contributed by atoms with Gasteiger partial charge in [-0.1, -0.05) is 18.2 Å². The zero-order valence-corrected chi connectivity index (χ0v) is 13.0. The lowest BCUT2D eigenvalue weighted by Crippen LogP contribution is -2.35. The first kappa shape index (κ1) is 15.3. The number of anilines is 1. The first-order valence-corrected chi connectivity index (χ1v) is 7.91. The molecule has 1 aliphatic heterocycles. The zero-order valence-electron chi connectivity index (χ0n) is 13.0. The Kier molecular flexibility index (Phi) is 4.76. The summed E-state index contributed by atoms with van der Waals surface area (Å²) < 4.78 is 5.85. The van der Waals surface area contributed by atoms with Crippen molar-refractivity contribution in [2.24, 2.45) is 11.7 Å². The number of primary amides is 1. The Hall–Kier alpha value is -2.56. The lowest BCUT2D eigenvalue weighted by Gasteiger charge is -2.33. The molecule has 0 saturated carbocycles. The van der Waals surface area contributed by atoms with E-state index >= 15 is 0 Å². The van der Waals surface area contributed by atoms with Crippen LogP contribution in [0.15, 0.2) is 48.7 Å².